The maximum atomic E-state index is 0. The molecule has 0 nitrogen and oxygen atoms in total. The molecule has 0 bridgehead atoms. The van der Waals surface area contributed by atoms with Gasteiger partial charge in [0.05, 0.1) is 0 Å². The summed E-state index contributed by atoms with van der Waals surface area (Å²) in [6, 6.07) is 0. The van der Waals surface area contributed by atoms with Crippen molar-refractivity contribution in [2.75, 3.05) is 0 Å². The van der Waals surface area contributed by atoms with E-state index < -0.39 is 0 Å². The Hall–Kier alpha value is 3.37. The van der Waals surface area contributed by atoms with Gasteiger partial charge in [-0.25, -0.2) is 0 Å². The van der Waals surface area contributed by atoms with Gasteiger partial charge < -0.3 is 0 Å². The topological polar surface area (TPSA) is 0 Å². The van der Waals surface area contributed by atoms with Gasteiger partial charge in [0.2, 0.25) is 0 Å². The average molecular weight is 325 g/mol. The first-order valence-electron chi connectivity index (χ1n) is 0. The SMILES string of the molecule is [Al].[C].[Cu].[Fe].[Mn].[S].[SiH4].[Ti]. The molecule has 0 saturated carbocycles. The van der Waals surface area contributed by atoms with Gasteiger partial charge in [-0.1, -0.05) is 0 Å². The molecule has 0 aromatic heterocycles. The first kappa shape index (κ1) is 108. The summed E-state index contributed by atoms with van der Waals surface area (Å²) in [5.74, 6) is 0. The van der Waals surface area contributed by atoms with Crippen LogP contribution in [0.15, 0.2) is 0 Å². The second-order valence-corrected chi connectivity index (χ2v) is 0. The first-order valence-corrected chi connectivity index (χ1v) is 0. The van der Waals surface area contributed by atoms with Crippen LogP contribution in [0.2, 0.25) is 0 Å². The third kappa shape index (κ3) is 57.8. The molecule has 0 fully saturated rings. The minimum Gasteiger partial charge on any atom is -0.0149 e. The van der Waals surface area contributed by atoms with Crippen LogP contribution in [0.4, 0.5) is 0 Å². The second-order valence-electron chi connectivity index (χ2n) is 0. The van der Waals surface area contributed by atoms with E-state index in [1.54, 1.807) is 0 Å². The fourth-order valence-corrected chi connectivity index (χ4v) is 0. The molecule has 0 unspecified atom stereocenters. The number of rotatable bonds is 0. The summed E-state index contributed by atoms with van der Waals surface area (Å²) in [5.41, 5.74) is 0. The molecule has 8 heavy (non-hydrogen) atoms. The Labute approximate surface area is 120 Å². The van der Waals surface area contributed by atoms with E-state index in [0.717, 1.165) is 0 Å². The molecule has 0 aromatic carbocycles. The maximum absolute atomic E-state index is 0. The first-order chi connectivity index (χ1) is 0. The summed E-state index contributed by atoms with van der Waals surface area (Å²) in [6.07, 6.45) is 0. The number of hydrogen-bond donors (Lipinski definition) is 0. The van der Waals surface area contributed by atoms with Gasteiger partial charge in [-0.05, 0) is 11.0 Å². The molecule has 0 heterocycles. The molecule has 0 aliphatic heterocycles. The van der Waals surface area contributed by atoms with Crippen LogP contribution in [0, 0.1) is 7.43 Å². The average Bonchev–Trinajstić information content (AvgIpc) is 0. The van der Waals surface area contributed by atoms with Crippen molar-refractivity contribution in [3.63, 3.8) is 0 Å². The number of hydrogen-bond acceptors (Lipinski definition) is 0. The second kappa shape index (κ2) is 80.1. The van der Waals surface area contributed by atoms with E-state index in [-0.39, 0.29) is 122 Å². The van der Waals surface area contributed by atoms with E-state index in [9.17, 15) is 0 Å². The van der Waals surface area contributed by atoms with Crippen molar-refractivity contribution in [3.05, 3.63) is 7.43 Å². The quantitative estimate of drug-likeness (QED) is 0.496. The molecule has 7 heteroatoms. The van der Waals surface area contributed by atoms with Crippen molar-refractivity contribution in [2.45, 2.75) is 0 Å². The molecule has 0 rings (SSSR count). The van der Waals surface area contributed by atoms with Crippen LogP contribution in [0.25, 0.3) is 0 Å². The fourth-order valence-electron chi connectivity index (χ4n) is 0. The largest absolute Gasteiger partial charge is 0.0149 e. The van der Waals surface area contributed by atoms with E-state index in [2.05, 4.69) is 0 Å². The molecule has 0 amide bonds. The minimum atomic E-state index is 0. The van der Waals surface area contributed by atoms with Crippen LogP contribution in [-0.4, -0.2) is 28.3 Å². The standard InChI is InChI=1S/C.Al.Cu.Fe.Mn.S.H4Si.Ti/h;;;;;;1H4;. The molecule has 51 valence electrons. The van der Waals surface area contributed by atoms with Gasteiger partial charge in [0.25, 0.3) is 0 Å². The van der Waals surface area contributed by atoms with Crippen LogP contribution in [-0.2, 0) is 72.9 Å². The Morgan fingerprint density at radius 1 is 1.00 bits per heavy atom. The third-order valence-electron chi connectivity index (χ3n) is 0. The molecule has 0 aliphatic rings. The van der Waals surface area contributed by atoms with E-state index in [0.29, 0.717) is 0 Å². The van der Waals surface area contributed by atoms with Crippen LogP contribution >= 0.6 is 13.5 Å². The molecule has 0 atom stereocenters. The van der Waals surface area contributed by atoms with Crippen molar-refractivity contribution >= 4 is 41.8 Å². The minimum absolute atomic E-state index is 0. The summed E-state index contributed by atoms with van der Waals surface area (Å²) in [5, 5.41) is 0. The van der Waals surface area contributed by atoms with E-state index in [1.807, 2.05) is 0 Å². The molecule has 0 aliphatic carbocycles. The fraction of sp³-hybridized carbons (Fsp3) is 0. The molecule has 0 saturated heterocycles. The Bertz CT molecular complexity index is 24.0. The normalized spacial score (nSPS) is 0. The summed E-state index contributed by atoms with van der Waals surface area (Å²) in [6.45, 7) is 0. The van der Waals surface area contributed by atoms with Crippen molar-refractivity contribution < 1.29 is 72.9 Å². The molecular formula is CH4AlCuFeMnSSiTi. The molecule has 0 spiro atoms. The van der Waals surface area contributed by atoms with Gasteiger partial charge in [0.1, 0.15) is 0 Å². The van der Waals surface area contributed by atoms with Crippen molar-refractivity contribution in [2.24, 2.45) is 0 Å². The predicted octanol–water partition coefficient (Wildman–Crippen LogP) is -1.11. The van der Waals surface area contributed by atoms with Crippen molar-refractivity contribution in [3.8, 4) is 0 Å². The van der Waals surface area contributed by atoms with E-state index in [1.165, 1.54) is 0 Å². The van der Waals surface area contributed by atoms with Crippen LogP contribution < -0.4 is 0 Å². The third-order valence-corrected chi connectivity index (χ3v) is 0. The zero-order valence-electron chi connectivity index (χ0n) is 3.02. The van der Waals surface area contributed by atoms with Gasteiger partial charge in [-0.2, -0.15) is 0 Å². The predicted molar refractivity (Wildman–Crippen MR) is 27.9 cm³/mol. The molecule has 0 aromatic rings. The summed E-state index contributed by atoms with van der Waals surface area (Å²) in [7, 11) is 0. The Morgan fingerprint density at radius 3 is 1.00 bits per heavy atom. The summed E-state index contributed by atoms with van der Waals surface area (Å²) in [4.78, 5) is 0. The summed E-state index contributed by atoms with van der Waals surface area (Å²) < 4.78 is 0. The van der Waals surface area contributed by atoms with E-state index in [4.69, 9.17) is 0 Å². The Kier molecular flexibility index (Phi) is 1080. The van der Waals surface area contributed by atoms with Crippen LogP contribution in [0.3, 0.4) is 0 Å². The van der Waals surface area contributed by atoms with Crippen LogP contribution in [0.1, 0.15) is 0 Å². The molecular weight excluding hydrogens is 321 g/mol. The van der Waals surface area contributed by atoms with Gasteiger partial charge in [-0.15, -0.1) is 0 Å². The van der Waals surface area contributed by atoms with Crippen molar-refractivity contribution in [1.29, 1.82) is 0 Å². The van der Waals surface area contributed by atoms with Gasteiger partial charge >= 0.3 is 0 Å². The summed E-state index contributed by atoms with van der Waals surface area (Å²) >= 11 is 0. The molecule has 0 N–H and O–H groups in total. The van der Waals surface area contributed by atoms with E-state index >= 15 is 0 Å². The zero-order chi connectivity index (χ0) is 0. The van der Waals surface area contributed by atoms with Gasteiger partial charge in [0, 0.05) is 111 Å². The molecule has 11 radical (unpaired) electrons. The van der Waals surface area contributed by atoms with Crippen LogP contribution in [0.5, 0.6) is 0 Å². The Morgan fingerprint density at radius 2 is 1.00 bits per heavy atom. The maximum Gasteiger partial charge on any atom is 0 e. The van der Waals surface area contributed by atoms with Gasteiger partial charge in [0.15, 0.2) is 0 Å². The van der Waals surface area contributed by atoms with Crippen molar-refractivity contribution in [1.82, 2.24) is 0 Å². The monoisotopic (exact) mass is 325 g/mol. The van der Waals surface area contributed by atoms with Gasteiger partial charge in [-0.3, -0.25) is 0 Å². The smallest absolute Gasteiger partial charge is 0 e. The zero-order valence-corrected chi connectivity index (χ0v) is 9.78. The Balaban J connectivity index is 0.